The lowest BCUT2D eigenvalue weighted by Crippen LogP contribution is -2.42. The first-order valence-corrected chi connectivity index (χ1v) is 10.9. The van der Waals surface area contributed by atoms with Crippen LogP contribution in [0.15, 0.2) is 35.3 Å². The quantitative estimate of drug-likeness (QED) is 0.265. The molecule has 2 aliphatic rings. The predicted octanol–water partition coefficient (Wildman–Crippen LogP) is 3.01. The largest absolute Gasteiger partial charge is 0.618 e. The maximum atomic E-state index is 12.9. The van der Waals surface area contributed by atoms with Gasteiger partial charge in [0.15, 0.2) is 5.69 Å². The summed E-state index contributed by atoms with van der Waals surface area (Å²) in [5.74, 6) is 0.351. The lowest BCUT2D eigenvalue weighted by molar-refractivity contribution is -0.616. The Hall–Kier alpha value is -3.13. The summed E-state index contributed by atoms with van der Waals surface area (Å²) in [6.45, 7) is 3.64. The molecule has 1 aromatic heterocycles. The number of ether oxygens (including phenoxy) is 1. The highest BCUT2D eigenvalue weighted by atomic mass is 16.5. The SMILES string of the molecule is COc1cc(N)c(C=NC2CC(C(C)(C)O)C2)cc1NC(=O)c1cccc(C2CC2)[n+]1[O-]. The number of carbonyl (C=O) groups is 1. The summed E-state index contributed by atoms with van der Waals surface area (Å²) in [6, 6.07) is 8.47. The molecule has 0 unspecified atom stereocenters. The van der Waals surface area contributed by atoms with E-state index in [2.05, 4.69) is 10.3 Å². The van der Waals surface area contributed by atoms with E-state index in [1.165, 1.54) is 13.2 Å². The number of amides is 1. The van der Waals surface area contributed by atoms with Crippen LogP contribution in [0, 0.1) is 11.1 Å². The van der Waals surface area contributed by atoms with Crippen LogP contribution in [0.2, 0.25) is 0 Å². The highest BCUT2D eigenvalue weighted by Crippen LogP contribution is 2.39. The van der Waals surface area contributed by atoms with Gasteiger partial charge < -0.3 is 26.1 Å². The normalized spacial score (nSPS) is 20.8. The average Bonchev–Trinajstić information content (AvgIpc) is 3.52. The van der Waals surface area contributed by atoms with E-state index in [1.807, 2.05) is 13.8 Å². The van der Waals surface area contributed by atoms with Gasteiger partial charge in [-0.05, 0) is 57.6 Å². The third-order valence-corrected chi connectivity index (χ3v) is 6.39. The van der Waals surface area contributed by atoms with Gasteiger partial charge in [0.1, 0.15) is 5.75 Å². The first-order valence-electron chi connectivity index (χ1n) is 10.9. The highest BCUT2D eigenvalue weighted by molar-refractivity contribution is 6.04. The van der Waals surface area contributed by atoms with Crippen molar-refractivity contribution in [1.82, 2.24) is 0 Å². The van der Waals surface area contributed by atoms with Crippen LogP contribution < -0.4 is 20.5 Å². The molecular formula is C24H30N4O4. The number of pyridine rings is 1. The number of aliphatic hydroxyl groups is 1. The summed E-state index contributed by atoms with van der Waals surface area (Å²) in [5.41, 5.74) is 7.65. The number of aliphatic imine (C=N–C) groups is 1. The number of nitrogens with two attached hydrogens (primary N) is 1. The van der Waals surface area contributed by atoms with Crippen molar-refractivity contribution in [3.8, 4) is 5.75 Å². The van der Waals surface area contributed by atoms with Gasteiger partial charge >= 0.3 is 5.91 Å². The zero-order valence-corrected chi connectivity index (χ0v) is 18.7. The molecule has 0 spiro atoms. The van der Waals surface area contributed by atoms with Crippen molar-refractivity contribution >= 4 is 23.5 Å². The van der Waals surface area contributed by atoms with E-state index in [1.54, 1.807) is 30.5 Å². The summed E-state index contributed by atoms with van der Waals surface area (Å²) in [4.78, 5) is 17.5. The van der Waals surface area contributed by atoms with E-state index in [4.69, 9.17) is 10.5 Å². The smallest absolute Gasteiger partial charge is 0.321 e. The molecule has 32 heavy (non-hydrogen) atoms. The van der Waals surface area contributed by atoms with Crippen LogP contribution in [0.5, 0.6) is 5.75 Å². The Morgan fingerprint density at radius 2 is 2.06 bits per heavy atom. The summed E-state index contributed by atoms with van der Waals surface area (Å²) in [7, 11) is 1.49. The summed E-state index contributed by atoms with van der Waals surface area (Å²) < 4.78 is 6.09. The van der Waals surface area contributed by atoms with Gasteiger partial charge in [-0.15, -0.1) is 0 Å². The maximum absolute atomic E-state index is 12.9. The second-order valence-corrected chi connectivity index (χ2v) is 9.29. The number of carbonyl (C=O) groups excluding carboxylic acids is 1. The Bertz CT molecular complexity index is 1050. The van der Waals surface area contributed by atoms with Gasteiger partial charge in [-0.1, -0.05) is 0 Å². The van der Waals surface area contributed by atoms with E-state index in [-0.39, 0.29) is 23.6 Å². The van der Waals surface area contributed by atoms with Gasteiger partial charge in [-0.25, -0.2) is 0 Å². The number of benzene rings is 1. The fourth-order valence-electron chi connectivity index (χ4n) is 4.01. The van der Waals surface area contributed by atoms with Gasteiger partial charge in [0.2, 0.25) is 0 Å². The van der Waals surface area contributed by atoms with Gasteiger partial charge in [-0.2, -0.15) is 4.73 Å². The van der Waals surface area contributed by atoms with Crippen LogP contribution in [0.25, 0.3) is 0 Å². The molecule has 2 fully saturated rings. The molecule has 8 heteroatoms. The lowest BCUT2D eigenvalue weighted by Gasteiger charge is -2.40. The number of nitrogens with one attached hydrogen (secondary N) is 1. The number of hydrogen-bond acceptors (Lipinski definition) is 6. The average molecular weight is 439 g/mol. The first kappa shape index (κ1) is 22.1. The molecule has 0 radical (unpaired) electrons. The standard InChI is InChI=1S/C24H30N4O4/c1-24(2,30)16-10-17(11-16)26-13-15-9-19(22(32-3)12-18(15)25)27-23(29)21-6-4-5-20(28(21)31)14-7-8-14/h4-6,9,12-14,16-17,30H,7-8,10-11,25H2,1-3H3,(H,27,29). The molecule has 1 heterocycles. The zero-order chi connectivity index (χ0) is 23.0. The minimum absolute atomic E-state index is 0.0376. The molecule has 0 saturated heterocycles. The van der Waals surface area contributed by atoms with Crippen LogP contribution in [0.4, 0.5) is 11.4 Å². The topological polar surface area (TPSA) is 124 Å². The van der Waals surface area contributed by atoms with Gasteiger partial charge in [-0.3, -0.25) is 9.79 Å². The van der Waals surface area contributed by atoms with Crippen LogP contribution >= 0.6 is 0 Å². The van der Waals surface area contributed by atoms with Crippen molar-refractivity contribution in [2.45, 2.75) is 57.1 Å². The fraction of sp³-hybridized carbons (Fsp3) is 0.458. The molecular weight excluding hydrogens is 408 g/mol. The van der Waals surface area contributed by atoms with Gasteiger partial charge in [0.05, 0.1) is 24.4 Å². The Labute approximate surface area is 187 Å². The lowest BCUT2D eigenvalue weighted by atomic mass is 9.71. The van der Waals surface area contributed by atoms with Crippen molar-refractivity contribution in [3.05, 3.63) is 52.5 Å². The molecule has 2 aliphatic carbocycles. The van der Waals surface area contributed by atoms with Crippen molar-refractivity contribution < 1.29 is 19.4 Å². The van der Waals surface area contributed by atoms with Crippen molar-refractivity contribution in [2.24, 2.45) is 10.9 Å². The molecule has 0 aliphatic heterocycles. The molecule has 170 valence electrons. The number of hydrogen-bond donors (Lipinski definition) is 3. The highest BCUT2D eigenvalue weighted by Gasteiger charge is 2.38. The Morgan fingerprint density at radius 3 is 2.69 bits per heavy atom. The molecule has 4 rings (SSSR count). The number of anilines is 2. The van der Waals surface area contributed by atoms with E-state index >= 15 is 0 Å². The van der Waals surface area contributed by atoms with Crippen LogP contribution in [0.1, 0.15) is 67.2 Å². The Morgan fingerprint density at radius 1 is 1.34 bits per heavy atom. The number of aromatic nitrogens is 1. The minimum Gasteiger partial charge on any atom is -0.618 e. The molecule has 2 saturated carbocycles. The second-order valence-electron chi connectivity index (χ2n) is 9.29. The Balaban J connectivity index is 1.52. The molecule has 1 aromatic carbocycles. The second kappa shape index (κ2) is 8.43. The van der Waals surface area contributed by atoms with Crippen molar-refractivity contribution in [2.75, 3.05) is 18.2 Å². The molecule has 1 amide bonds. The Kier molecular flexibility index (Phi) is 5.81. The monoisotopic (exact) mass is 438 g/mol. The van der Waals surface area contributed by atoms with E-state index in [9.17, 15) is 15.1 Å². The molecule has 8 nitrogen and oxygen atoms in total. The summed E-state index contributed by atoms with van der Waals surface area (Å²) in [6.07, 6.45) is 5.27. The third kappa shape index (κ3) is 4.55. The molecule has 0 atom stereocenters. The van der Waals surface area contributed by atoms with E-state index < -0.39 is 11.5 Å². The van der Waals surface area contributed by atoms with Gasteiger partial charge in [0, 0.05) is 41.6 Å². The number of rotatable bonds is 7. The summed E-state index contributed by atoms with van der Waals surface area (Å²) >= 11 is 0. The van der Waals surface area contributed by atoms with E-state index in [0.29, 0.717) is 28.4 Å². The molecule has 0 bridgehead atoms. The maximum Gasteiger partial charge on any atom is 0.321 e. The minimum atomic E-state index is -0.697. The predicted molar refractivity (Wildman–Crippen MR) is 123 cm³/mol. The van der Waals surface area contributed by atoms with Crippen LogP contribution in [0.3, 0.4) is 0 Å². The number of nitrogen functional groups attached to an aromatic ring is 1. The van der Waals surface area contributed by atoms with Crippen LogP contribution in [-0.4, -0.2) is 36.0 Å². The van der Waals surface area contributed by atoms with Crippen molar-refractivity contribution in [1.29, 1.82) is 0 Å². The molecule has 2 aromatic rings. The van der Waals surface area contributed by atoms with Crippen molar-refractivity contribution in [3.63, 3.8) is 0 Å². The van der Waals surface area contributed by atoms with Crippen LogP contribution in [-0.2, 0) is 0 Å². The number of methoxy groups -OCH3 is 1. The first-order chi connectivity index (χ1) is 15.2. The zero-order valence-electron chi connectivity index (χ0n) is 18.7. The summed E-state index contributed by atoms with van der Waals surface area (Å²) in [5, 5.41) is 25.5. The molecule has 4 N–H and O–H groups in total. The third-order valence-electron chi connectivity index (χ3n) is 6.39. The van der Waals surface area contributed by atoms with E-state index in [0.717, 1.165) is 30.4 Å². The number of nitrogens with zero attached hydrogens (tertiary/aromatic N) is 2. The fourth-order valence-corrected chi connectivity index (χ4v) is 4.01. The van der Waals surface area contributed by atoms with Gasteiger partial charge in [0.25, 0.3) is 5.69 Å².